The van der Waals surface area contributed by atoms with E-state index in [1.807, 2.05) is 6.92 Å². The Labute approximate surface area is 103 Å². The van der Waals surface area contributed by atoms with Crippen molar-refractivity contribution in [1.29, 1.82) is 0 Å². The van der Waals surface area contributed by atoms with Crippen molar-refractivity contribution in [1.82, 2.24) is 0 Å². The summed E-state index contributed by atoms with van der Waals surface area (Å²) in [6.45, 7) is 4.59. The zero-order valence-electron chi connectivity index (χ0n) is 10.6. The Kier molecular flexibility index (Phi) is 8.76. The van der Waals surface area contributed by atoms with Gasteiger partial charge in [-0.2, -0.15) is 0 Å². The minimum Gasteiger partial charge on any atom is -0.480 e. The lowest BCUT2D eigenvalue weighted by atomic mass is 10.0. The minimum absolute atomic E-state index is 0.614. The van der Waals surface area contributed by atoms with Crippen LogP contribution in [-0.2, 0) is 9.53 Å². The second-order valence-electron chi connectivity index (χ2n) is 4.19. The number of hydrogen-bond donors (Lipinski definition) is 1. The van der Waals surface area contributed by atoms with Crippen molar-refractivity contribution in [3.63, 3.8) is 0 Å². The van der Waals surface area contributed by atoms with Gasteiger partial charge in [0.1, 0.15) is 4.75 Å². The Morgan fingerprint density at radius 1 is 1.38 bits per heavy atom. The van der Waals surface area contributed by atoms with E-state index in [-0.39, 0.29) is 0 Å². The molecular weight excluding hydrogens is 224 g/mol. The van der Waals surface area contributed by atoms with E-state index in [1.54, 1.807) is 7.11 Å². The first kappa shape index (κ1) is 15.8. The van der Waals surface area contributed by atoms with Crippen LogP contribution in [0.25, 0.3) is 0 Å². The molecule has 16 heavy (non-hydrogen) atoms. The van der Waals surface area contributed by atoms with Gasteiger partial charge in [0.25, 0.3) is 0 Å². The van der Waals surface area contributed by atoms with Crippen LogP contribution in [0.15, 0.2) is 0 Å². The number of carbonyl (C=O) groups is 1. The van der Waals surface area contributed by atoms with Crippen LogP contribution in [0.1, 0.15) is 46.0 Å². The van der Waals surface area contributed by atoms with Crippen LogP contribution in [0.3, 0.4) is 0 Å². The number of aliphatic carboxylic acids is 1. The van der Waals surface area contributed by atoms with Crippen molar-refractivity contribution >= 4 is 17.7 Å². The summed E-state index contributed by atoms with van der Waals surface area (Å²) in [5, 5.41) is 9.23. The van der Waals surface area contributed by atoms with Gasteiger partial charge < -0.3 is 9.84 Å². The van der Waals surface area contributed by atoms with E-state index in [0.717, 1.165) is 25.0 Å². The molecule has 1 atom stereocenters. The zero-order chi connectivity index (χ0) is 12.4. The molecule has 0 fully saturated rings. The van der Waals surface area contributed by atoms with E-state index < -0.39 is 10.7 Å². The maximum atomic E-state index is 11.2. The molecule has 96 valence electrons. The van der Waals surface area contributed by atoms with Gasteiger partial charge in [-0.1, -0.05) is 32.6 Å². The zero-order valence-corrected chi connectivity index (χ0v) is 11.4. The first-order chi connectivity index (χ1) is 7.56. The van der Waals surface area contributed by atoms with E-state index in [1.165, 1.54) is 24.6 Å². The predicted octanol–water partition coefficient (Wildman–Crippen LogP) is 3.18. The van der Waals surface area contributed by atoms with E-state index in [0.29, 0.717) is 6.61 Å². The molecule has 0 aliphatic heterocycles. The van der Waals surface area contributed by atoms with Gasteiger partial charge in [0.2, 0.25) is 0 Å². The van der Waals surface area contributed by atoms with Gasteiger partial charge in [0, 0.05) is 12.9 Å². The maximum absolute atomic E-state index is 11.2. The largest absolute Gasteiger partial charge is 0.480 e. The van der Waals surface area contributed by atoms with Crippen LogP contribution in [0.5, 0.6) is 0 Å². The number of thioether (sulfide) groups is 1. The highest BCUT2D eigenvalue weighted by molar-refractivity contribution is 8.01. The number of carboxylic acids is 1. The van der Waals surface area contributed by atoms with Crippen molar-refractivity contribution in [2.24, 2.45) is 0 Å². The normalized spacial score (nSPS) is 14.7. The Balaban J connectivity index is 3.96. The summed E-state index contributed by atoms with van der Waals surface area (Å²) in [7, 11) is 1.64. The molecule has 4 heteroatoms. The Bertz CT molecular complexity index is 197. The van der Waals surface area contributed by atoms with E-state index >= 15 is 0 Å². The second kappa shape index (κ2) is 8.88. The number of carboxylic acid groups (broad SMARTS) is 1. The molecule has 1 unspecified atom stereocenters. The fourth-order valence-electron chi connectivity index (χ4n) is 1.48. The summed E-state index contributed by atoms with van der Waals surface area (Å²) < 4.78 is 4.30. The Morgan fingerprint density at radius 2 is 2.06 bits per heavy atom. The highest BCUT2D eigenvalue weighted by Crippen LogP contribution is 2.31. The molecule has 0 aromatic rings. The van der Waals surface area contributed by atoms with Crippen molar-refractivity contribution in [2.75, 3.05) is 19.5 Å². The second-order valence-corrected chi connectivity index (χ2v) is 5.79. The third-order valence-corrected chi connectivity index (χ3v) is 4.05. The van der Waals surface area contributed by atoms with E-state index in [2.05, 4.69) is 6.92 Å². The fourth-order valence-corrected chi connectivity index (χ4v) is 2.59. The van der Waals surface area contributed by atoms with Gasteiger partial charge in [-0.15, -0.1) is 11.8 Å². The summed E-state index contributed by atoms with van der Waals surface area (Å²) in [6, 6.07) is 0. The van der Waals surface area contributed by atoms with Gasteiger partial charge >= 0.3 is 5.97 Å². The third-order valence-electron chi connectivity index (χ3n) is 2.67. The van der Waals surface area contributed by atoms with Crippen LogP contribution < -0.4 is 0 Å². The molecule has 0 aliphatic rings. The molecular formula is C12H24O3S. The summed E-state index contributed by atoms with van der Waals surface area (Å²) in [4.78, 5) is 11.2. The minimum atomic E-state index is -0.704. The first-order valence-electron chi connectivity index (χ1n) is 5.93. The van der Waals surface area contributed by atoms with E-state index in [4.69, 9.17) is 4.74 Å². The lowest BCUT2D eigenvalue weighted by Gasteiger charge is -2.24. The van der Waals surface area contributed by atoms with Gasteiger partial charge in [-0.05, 0) is 13.3 Å². The number of hydrogen-bond acceptors (Lipinski definition) is 3. The molecule has 0 bridgehead atoms. The maximum Gasteiger partial charge on any atom is 0.319 e. The van der Waals surface area contributed by atoms with Crippen molar-refractivity contribution in [2.45, 2.75) is 50.7 Å². The highest BCUT2D eigenvalue weighted by Gasteiger charge is 2.32. The molecule has 0 amide bonds. The summed E-state index contributed by atoms with van der Waals surface area (Å²) in [5.74, 6) is 0.0395. The number of methoxy groups -OCH3 is 1. The monoisotopic (exact) mass is 248 g/mol. The van der Waals surface area contributed by atoms with E-state index in [9.17, 15) is 9.90 Å². The van der Waals surface area contributed by atoms with Gasteiger partial charge in [-0.3, -0.25) is 4.79 Å². The van der Waals surface area contributed by atoms with Crippen LogP contribution in [0.2, 0.25) is 0 Å². The smallest absolute Gasteiger partial charge is 0.319 e. The lowest BCUT2D eigenvalue weighted by molar-refractivity contribution is -0.139. The first-order valence-corrected chi connectivity index (χ1v) is 6.91. The average molecular weight is 248 g/mol. The van der Waals surface area contributed by atoms with Crippen LogP contribution >= 0.6 is 11.8 Å². The average Bonchev–Trinajstić information content (AvgIpc) is 2.25. The predicted molar refractivity (Wildman–Crippen MR) is 69.1 cm³/mol. The number of rotatable bonds is 10. The van der Waals surface area contributed by atoms with Crippen molar-refractivity contribution < 1.29 is 14.6 Å². The number of unbranched alkanes of at least 4 members (excludes halogenated alkanes) is 3. The molecule has 0 aromatic heterocycles. The molecule has 0 heterocycles. The van der Waals surface area contributed by atoms with Gasteiger partial charge in [0.15, 0.2) is 0 Å². The topological polar surface area (TPSA) is 46.5 Å². The standard InChI is InChI=1S/C12H24O3S/c1-4-5-6-7-8-12(2,11(13)14)16-10-9-15-3/h4-10H2,1-3H3,(H,13,14). The third kappa shape index (κ3) is 6.38. The van der Waals surface area contributed by atoms with Crippen LogP contribution in [-0.4, -0.2) is 35.3 Å². The van der Waals surface area contributed by atoms with Gasteiger partial charge in [-0.25, -0.2) is 0 Å². The van der Waals surface area contributed by atoms with Crippen LogP contribution in [0, 0.1) is 0 Å². The SMILES string of the molecule is CCCCCCC(C)(SCCOC)C(=O)O. The molecule has 1 N–H and O–H groups in total. The summed E-state index contributed by atoms with van der Waals surface area (Å²) in [5.41, 5.74) is 0. The molecule has 0 spiro atoms. The molecule has 0 saturated carbocycles. The molecule has 0 rings (SSSR count). The molecule has 0 radical (unpaired) electrons. The van der Waals surface area contributed by atoms with Crippen LogP contribution in [0.4, 0.5) is 0 Å². The summed E-state index contributed by atoms with van der Waals surface area (Å²) in [6.07, 6.45) is 5.25. The molecule has 3 nitrogen and oxygen atoms in total. The van der Waals surface area contributed by atoms with Crippen molar-refractivity contribution in [3.8, 4) is 0 Å². The Hall–Kier alpha value is -0.220. The van der Waals surface area contributed by atoms with Gasteiger partial charge in [0.05, 0.1) is 6.61 Å². The van der Waals surface area contributed by atoms with Crippen molar-refractivity contribution in [3.05, 3.63) is 0 Å². The highest BCUT2D eigenvalue weighted by atomic mass is 32.2. The number of ether oxygens (including phenoxy) is 1. The Morgan fingerprint density at radius 3 is 2.56 bits per heavy atom. The molecule has 0 aromatic carbocycles. The lowest BCUT2D eigenvalue weighted by Crippen LogP contribution is -2.32. The molecule has 0 saturated heterocycles. The fraction of sp³-hybridized carbons (Fsp3) is 0.917. The molecule has 0 aliphatic carbocycles. The summed E-state index contributed by atoms with van der Waals surface area (Å²) >= 11 is 1.49. The quantitative estimate of drug-likeness (QED) is 0.603.